The van der Waals surface area contributed by atoms with E-state index in [2.05, 4.69) is 10.0 Å². The van der Waals surface area contributed by atoms with E-state index >= 15 is 0 Å². The first kappa shape index (κ1) is 22.5. The summed E-state index contributed by atoms with van der Waals surface area (Å²) in [5, 5.41) is 3.34. The molecule has 6 nitrogen and oxygen atoms in total. The Morgan fingerprint density at radius 1 is 1.14 bits per heavy atom. The van der Waals surface area contributed by atoms with Crippen LogP contribution in [0, 0.1) is 0 Å². The molecule has 9 heteroatoms. The van der Waals surface area contributed by atoms with Gasteiger partial charge in [0.05, 0.1) is 11.4 Å². The molecule has 0 saturated heterocycles. The molecule has 0 aliphatic carbocycles. The molecule has 1 amide bonds. The molecule has 152 valence electrons. The van der Waals surface area contributed by atoms with Gasteiger partial charge in [-0.25, -0.2) is 8.42 Å². The van der Waals surface area contributed by atoms with Crippen LogP contribution in [-0.2, 0) is 14.8 Å². The summed E-state index contributed by atoms with van der Waals surface area (Å²) in [6.07, 6.45) is 2.29. The highest BCUT2D eigenvalue weighted by Crippen LogP contribution is 2.15. The normalized spacial score (nSPS) is 12.4. The van der Waals surface area contributed by atoms with Crippen molar-refractivity contribution in [1.82, 2.24) is 10.0 Å². The van der Waals surface area contributed by atoms with Crippen LogP contribution in [0.15, 0.2) is 59.5 Å². The van der Waals surface area contributed by atoms with Crippen LogP contribution in [0.25, 0.3) is 0 Å². The maximum Gasteiger partial charge on any atom is 0.241 e. The molecule has 0 spiro atoms. The van der Waals surface area contributed by atoms with Crippen LogP contribution in [0.4, 0.5) is 0 Å². The van der Waals surface area contributed by atoms with E-state index in [0.29, 0.717) is 22.9 Å². The van der Waals surface area contributed by atoms with Crippen LogP contribution < -0.4 is 14.8 Å². The highest BCUT2D eigenvalue weighted by atomic mass is 35.5. The number of ether oxygens (including phenoxy) is 1. The highest BCUT2D eigenvalue weighted by Gasteiger charge is 2.25. The van der Waals surface area contributed by atoms with Gasteiger partial charge in [-0.15, -0.1) is 0 Å². The molecular formula is C19H23ClN2O4S2. The van der Waals surface area contributed by atoms with E-state index in [1.54, 1.807) is 54.2 Å². The molecule has 0 radical (unpaired) electrons. The second-order valence-electron chi connectivity index (χ2n) is 5.86. The number of nitrogens with one attached hydrogen (secondary N) is 2. The number of rotatable bonds is 11. The third-order valence-corrected chi connectivity index (χ3v) is 6.15. The minimum absolute atomic E-state index is 0.128. The molecule has 0 saturated carbocycles. The van der Waals surface area contributed by atoms with Crippen molar-refractivity contribution < 1.29 is 17.9 Å². The van der Waals surface area contributed by atoms with E-state index in [1.807, 2.05) is 6.26 Å². The maximum atomic E-state index is 12.5. The molecule has 0 heterocycles. The van der Waals surface area contributed by atoms with Crippen molar-refractivity contribution in [2.24, 2.45) is 0 Å². The number of hydrogen-bond donors (Lipinski definition) is 2. The lowest BCUT2D eigenvalue weighted by Gasteiger charge is -2.18. The van der Waals surface area contributed by atoms with Crippen LogP contribution in [0.5, 0.6) is 5.75 Å². The molecular weight excluding hydrogens is 420 g/mol. The average Bonchev–Trinajstić information content (AvgIpc) is 2.70. The molecule has 0 fully saturated rings. The lowest BCUT2D eigenvalue weighted by molar-refractivity contribution is -0.122. The van der Waals surface area contributed by atoms with Gasteiger partial charge in [0.2, 0.25) is 15.9 Å². The summed E-state index contributed by atoms with van der Waals surface area (Å²) in [5.74, 6) is 0.909. The van der Waals surface area contributed by atoms with Gasteiger partial charge >= 0.3 is 0 Å². The van der Waals surface area contributed by atoms with Gasteiger partial charge in [-0.1, -0.05) is 29.8 Å². The van der Waals surface area contributed by atoms with Gasteiger partial charge in [-0.3, -0.25) is 4.79 Å². The predicted octanol–water partition coefficient (Wildman–Crippen LogP) is 2.94. The van der Waals surface area contributed by atoms with Gasteiger partial charge < -0.3 is 10.1 Å². The van der Waals surface area contributed by atoms with E-state index in [9.17, 15) is 13.2 Å². The molecule has 2 aromatic carbocycles. The summed E-state index contributed by atoms with van der Waals surface area (Å²) in [6, 6.07) is 14.0. The molecule has 1 atom stereocenters. The number of carbonyl (C=O) groups excluding carboxylic acids is 1. The quantitative estimate of drug-likeness (QED) is 0.522. The van der Waals surface area contributed by atoms with Crippen molar-refractivity contribution in [3.8, 4) is 5.75 Å². The first-order chi connectivity index (χ1) is 13.4. The third-order valence-electron chi connectivity index (χ3n) is 3.76. The molecule has 0 bridgehead atoms. The van der Waals surface area contributed by atoms with E-state index in [-0.39, 0.29) is 24.0 Å². The molecule has 28 heavy (non-hydrogen) atoms. The predicted molar refractivity (Wildman–Crippen MR) is 114 cm³/mol. The van der Waals surface area contributed by atoms with Crippen LogP contribution in [0.1, 0.15) is 6.42 Å². The van der Waals surface area contributed by atoms with Gasteiger partial charge in [0.1, 0.15) is 18.4 Å². The van der Waals surface area contributed by atoms with Gasteiger partial charge in [-0.2, -0.15) is 16.5 Å². The lowest BCUT2D eigenvalue weighted by Crippen LogP contribution is -2.47. The fourth-order valence-corrected chi connectivity index (χ4v) is 4.18. The third kappa shape index (κ3) is 7.35. The van der Waals surface area contributed by atoms with Gasteiger partial charge in [-0.05, 0) is 54.8 Å². The molecule has 2 N–H and O–H groups in total. The average molecular weight is 443 g/mol. The molecule has 1 unspecified atom stereocenters. The van der Waals surface area contributed by atoms with E-state index in [1.165, 1.54) is 12.1 Å². The van der Waals surface area contributed by atoms with Gasteiger partial charge in [0, 0.05) is 5.02 Å². The monoisotopic (exact) mass is 442 g/mol. The van der Waals surface area contributed by atoms with Crippen LogP contribution >= 0.6 is 23.4 Å². The van der Waals surface area contributed by atoms with Crippen molar-refractivity contribution in [2.45, 2.75) is 17.4 Å². The second-order valence-corrected chi connectivity index (χ2v) is 9.00. The van der Waals surface area contributed by atoms with E-state index in [0.717, 1.165) is 0 Å². The Labute approximate surface area is 175 Å². The Morgan fingerprint density at radius 2 is 1.82 bits per heavy atom. The lowest BCUT2D eigenvalue weighted by atomic mass is 10.2. The Balaban J connectivity index is 1.90. The van der Waals surface area contributed by atoms with Gasteiger partial charge in [0.15, 0.2) is 0 Å². The van der Waals surface area contributed by atoms with Crippen molar-refractivity contribution in [3.63, 3.8) is 0 Å². The Kier molecular flexibility index (Phi) is 9.11. The summed E-state index contributed by atoms with van der Waals surface area (Å²) in [6.45, 7) is 0.512. The van der Waals surface area contributed by atoms with Gasteiger partial charge in [0.25, 0.3) is 0 Å². The first-order valence-electron chi connectivity index (χ1n) is 8.65. The van der Waals surface area contributed by atoms with E-state index in [4.69, 9.17) is 16.3 Å². The maximum absolute atomic E-state index is 12.5. The summed E-state index contributed by atoms with van der Waals surface area (Å²) in [7, 11) is -3.78. The zero-order valence-electron chi connectivity index (χ0n) is 15.4. The standard InChI is InChI=1S/C19H23ClN2O4S2/c1-27-14-11-18(22-28(24,25)17-5-3-2-4-6-17)19(23)21-12-13-26-16-9-7-15(20)8-10-16/h2-10,18,22H,11-14H2,1H3,(H,21,23). The summed E-state index contributed by atoms with van der Waals surface area (Å²) in [4.78, 5) is 12.6. The topological polar surface area (TPSA) is 84.5 Å². The Bertz CT molecular complexity index is 846. The number of hydrogen-bond acceptors (Lipinski definition) is 5. The van der Waals surface area contributed by atoms with E-state index < -0.39 is 16.1 Å². The molecule has 2 aromatic rings. The molecule has 2 rings (SSSR count). The fraction of sp³-hybridized carbons (Fsp3) is 0.316. The SMILES string of the molecule is CSCCC(NS(=O)(=O)c1ccccc1)C(=O)NCCOc1ccc(Cl)cc1. The summed E-state index contributed by atoms with van der Waals surface area (Å²) < 4.78 is 33.1. The minimum Gasteiger partial charge on any atom is -0.492 e. The highest BCUT2D eigenvalue weighted by molar-refractivity contribution is 7.98. The zero-order valence-corrected chi connectivity index (χ0v) is 17.8. The minimum atomic E-state index is -3.78. The van der Waals surface area contributed by atoms with Crippen molar-refractivity contribution >= 4 is 39.3 Å². The molecule has 0 aliphatic heterocycles. The number of sulfonamides is 1. The van der Waals surface area contributed by atoms with Crippen LogP contribution in [0.2, 0.25) is 5.02 Å². The molecule has 0 aliphatic rings. The van der Waals surface area contributed by atoms with Crippen LogP contribution in [0.3, 0.4) is 0 Å². The Morgan fingerprint density at radius 3 is 2.46 bits per heavy atom. The summed E-state index contributed by atoms with van der Waals surface area (Å²) >= 11 is 7.36. The number of amides is 1. The van der Waals surface area contributed by atoms with Crippen molar-refractivity contribution in [1.29, 1.82) is 0 Å². The van der Waals surface area contributed by atoms with Crippen molar-refractivity contribution in [2.75, 3.05) is 25.2 Å². The molecule has 0 aromatic heterocycles. The first-order valence-corrected chi connectivity index (χ1v) is 11.9. The van der Waals surface area contributed by atoms with Crippen molar-refractivity contribution in [3.05, 3.63) is 59.6 Å². The second kappa shape index (κ2) is 11.3. The zero-order chi connectivity index (χ0) is 20.4. The number of benzene rings is 2. The smallest absolute Gasteiger partial charge is 0.241 e. The largest absolute Gasteiger partial charge is 0.492 e. The Hall–Kier alpha value is -1.74. The summed E-state index contributed by atoms with van der Waals surface area (Å²) in [5.41, 5.74) is 0. The number of carbonyl (C=O) groups is 1. The number of halogens is 1. The van der Waals surface area contributed by atoms with Crippen LogP contribution in [-0.4, -0.2) is 45.5 Å². The fourth-order valence-electron chi connectivity index (χ4n) is 2.33. The number of thioether (sulfide) groups is 1.